The summed E-state index contributed by atoms with van der Waals surface area (Å²) in [6.45, 7) is 4.17. The number of nitrogens with one attached hydrogen (secondary N) is 1. The number of anilines is 2. The van der Waals surface area contributed by atoms with Crippen LogP contribution < -0.4 is 11.1 Å². The van der Waals surface area contributed by atoms with Crippen molar-refractivity contribution in [3.05, 3.63) is 22.2 Å². The van der Waals surface area contributed by atoms with E-state index in [1.165, 1.54) is 12.1 Å². The lowest BCUT2D eigenvalue weighted by Crippen LogP contribution is -2.57. The number of nitrogen functional groups attached to an aromatic ring is 1. The smallest absolute Gasteiger partial charge is 0.276 e. The molecule has 2 rings (SSSR count). The molecule has 104 valence electrons. The second-order valence-electron chi connectivity index (χ2n) is 5.37. The summed E-state index contributed by atoms with van der Waals surface area (Å²) in [4.78, 5) is 14.4. The van der Waals surface area contributed by atoms with Crippen molar-refractivity contribution in [3.63, 3.8) is 0 Å². The van der Waals surface area contributed by atoms with E-state index < -0.39 is 4.92 Å². The van der Waals surface area contributed by atoms with E-state index in [9.17, 15) is 10.1 Å². The van der Waals surface area contributed by atoms with Crippen LogP contribution in [0.2, 0.25) is 0 Å². The highest BCUT2D eigenvalue weighted by atomic mass is 16.6. The number of nitrogens with two attached hydrogens (primary N) is 1. The van der Waals surface area contributed by atoms with Gasteiger partial charge in [0.15, 0.2) is 0 Å². The number of aromatic nitrogens is 1. The minimum absolute atomic E-state index is 0.0458. The molecule has 7 nitrogen and oxygen atoms in total. The topological polar surface area (TPSA) is 103 Å². The van der Waals surface area contributed by atoms with E-state index in [2.05, 4.69) is 24.1 Å². The molecule has 1 aliphatic carbocycles. The average molecular weight is 266 g/mol. The normalized spacial score (nSPS) is 24.6. The van der Waals surface area contributed by atoms with E-state index in [0.717, 1.165) is 6.42 Å². The van der Waals surface area contributed by atoms with Gasteiger partial charge in [-0.25, -0.2) is 4.98 Å². The fourth-order valence-corrected chi connectivity index (χ4v) is 2.43. The largest absolute Gasteiger partial charge is 0.383 e. The molecule has 0 aliphatic heterocycles. The van der Waals surface area contributed by atoms with Crippen molar-refractivity contribution in [2.45, 2.75) is 32.4 Å². The maximum atomic E-state index is 10.8. The second kappa shape index (κ2) is 4.65. The van der Waals surface area contributed by atoms with Crippen LogP contribution in [0.25, 0.3) is 0 Å². The third-order valence-corrected chi connectivity index (χ3v) is 3.83. The highest BCUT2D eigenvalue weighted by Crippen LogP contribution is 2.44. The van der Waals surface area contributed by atoms with Crippen molar-refractivity contribution in [2.75, 3.05) is 18.2 Å². The molecule has 1 heterocycles. The molecule has 0 radical (unpaired) electrons. The maximum absolute atomic E-state index is 10.8. The Morgan fingerprint density at radius 2 is 2.26 bits per heavy atom. The number of pyridine rings is 1. The predicted octanol–water partition coefficient (Wildman–Crippen LogP) is 1.80. The summed E-state index contributed by atoms with van der Waals surface area (Å²) in [5, 5.41) is 14.0. The lowest BCUT2D eigenvalue weighted by atomic mass is 9.64. The molecular formula is C12H18N4O3. The number of hydrogen-bond acceptors (Lipinski definition) is 6. The van der Waals surface area contributed by atoms with E-state index in [4.69, 9.17) is 10.5 Å². The lowest BCUT2D eigenvalue weighted by molar-refractivity contribution is -0.384. The maximum Gasteiger partial charge on any atom is 0.276 e. The number of nitrogens with zero attached hydrogens (tertiary/aromatic N) is 2. The first-order valence-corrected chi connectivity index (χ1v) is 6.06. The van der Waals surface area contributed by atoms with Crippen molar-refractivity contribution in [1.29, 1.82) is 0 Å². The molecule has 19 heavy (non-hydrogen) atoms. The van der Waals surface area contributed by atoms with Gasteiger partial charge in [0, 0.05) is 18.6 Å². The van der Waals surface area contributed by atoms with Gasteiger partial charge in [-0.05, 0) is 6.42 Å². The molecule has 0 bridgehead atoms. The van der Waals surface area contributed by atoms with Crippen LogP contribution in [0.4, 0.5) is 17.3 Å². The third kappa shape index (κ3) is 2.46. The summed E-state index contributed by atoms with van der Waals surface area (Å²) < 4.78 is 5.36. The first kappa shape index (κ1) is 13.5. The summed E-state index contributed by atoms with van der Waals surface area (Å²) in [5.74, 6) is 0.566. The minimum Gasteiger partial charge on any atom is -0.383 e. The average Bonchev–Trinajstić information content (AvgIpc) is 2.33. The number of nitro groups is 1. The van der Waals surface area contributed by atoms with Crippen LogP contribution in [-0.2, 0) is 4.74 Å². The Morgan fingerprint density at radius 3 is 2.79 bits per heavy atom. The highest BCUT2D eigenvalue weighted by Gasteiger charge is 2.48. The van der Waals surface area contributed by atoms with Gasteiger partial charge in [-0.1, -0.05) is 13.8 Å². The molecule has 2 unspecified atom stereocenters. The highest BCUT2D eigenvalue weighted by molar-refractivity contribution is 5.53. The number of ether oxygens (including phenoxy) is 1. The van der Waals surface area contributed by atoms with Crippen molar-refractivity contribution < 1.29 is 9.66 Å². The van der Waals surface area contributed by atoms with Crippen molar-refractivity contribution in [2.24, 2.45) is 5.41 Å². The molecule has 0 saturated heterocycles. The SMILES string of the molecule is COC1CC(Nc2cc([N+](=O)[O-])cc(N)n2)C1(C)C. The van der Waals surface area contributed by atoms with Crippen LogP contribution in [0.15, 0.2) is 12.1 Å². The Hall–Kier alpha value is -1.89. The molecule has 1 aliphatic rings. The third-order valence-electron chi connectivity index (χ3n) is 3.83. The Labute approximate surface area is 111 Å². The molecule has 1 fully saturated rings. The van der Waals surface area contributed by atoms with E-state index in [1.807, 2.05) is 0 Å². The minimum atomic E-state index is -0.479. The molecule has 0 aromatic carbocycles. The zero-order chi connectivity index (χ0) is 14.2. The predicted molar refractivity (Wildman–Crippen MR) is 71.9 cm³/mol. The fourth-order valence-electron chi connectivity index (χ4n) is 2.43. The number of rotatable bonds is 4. The lowest BCUT2D eigenvalue weighted by Gasteiger charge is -2.51. The van der Waals surface area contributed by atoms with Crippen LogP contribution in [0.1, 0.15) is 20.3 Å². The van der Waals surface area contributed by atoms with Gasteiger partial charge in [-0.15, -0.1) is 0 Å². The summed E-state index contributed by atoms with van der Waals surface area (Å²) in [5.41, 5.74) is 5.47. The van der Waals surface area contributed by atoms with Gasteiger partial charge in [-0.2, -0.15) is 0 Å². The summed E-state index contributed by atoms with van der Waals surface area (Å²) in [7, 11) is 1.69. The molecule has 1 aromatic rings. The van der Waals surface area contributed by atoms with Crippen LogP contribution in [0.5, 0.6) is 0 Å². The molecule has 0 spiro atoms. The first-order chi connectivity index (χ1) is 8.84. The molecule has 3 N–H and O–H groups in total. The van der Waals surface area contributed by atoms with Crippen LogP contribution in [0, 0.1) is 15.5 Å². The van der Waals surface area contributed by atoms with E-state index in [0.29, 0.717) is 5.82 Å². The number of hydrogen-bond donors (Lipinski definition) is 2. The van der Waals surface area contributed by atoms with Crippen molar-refractivity contribution in [3.8, 4) is 0 Å². The quantitative estimate of drug-likeness (QED) is 0.636. The summed E-state index contributed by atoms with van der Waals surface area (Å²) >= 11 is 0. The van der Waals surface area contributed by atoms with Gasteiger partial charge in [-0.3, -0.25) is 10.1 Å². The second-order valence-corrected chi connectivity index (χ2v) is 5.37. The Bertz CT molecular complexity index is 504. The number of methoxy groups -OCH3 is 1. The van der Waals surface area contributed by atoms with E-state index >= 15 is 0 Å². The molecular weight excluding hydrogens is 248 g/mol. The van der Waals surface area contributed by atoms with Crippen molar-refractivity contribution >= 4 is 17.3 Å². The Balaban J connectivity index is 2.15. The summed E-state index contributed by atoms with van der Waals surface area (Å²) in [6.07, 6.45) is 1.02. The zero-order valence-corrected chi connectivity index (χ0v) is 11.2. The molecule has 0 amide bonds. The van der Waals surface area contributed by atoms with Gasteiger partial charge in [0.1, 0.15) is 11.6 Å². The molecule has 1 saturated carbocycles. The fraction of sp³-hybridized carbons (Fsp3) is 0.583. The van der Waals surface area contributed by atoms with E-state index in [-0.39, 0.29) is 29.1 Å². The van der Waals surface area contributed by atoms with E-state index in [1.54, 1.807) is 7.11 Å². The molecule has 2 atom stereocenters. The summed E-state index contributed by atoms with van der Waals surface area (Å²) in [6, 6.07) is 2.80. The van der Waals surface area contributed by atoms with Gasteiger partial charge < -0.3 is 15.8 Å². The standard InChI is InChI=1S/C12H18N4O3/c1-12(2)8(6-9(12)19-3)14-11-5-7(16(17)18)4-10(13)15-11/h4-5,8-9H,6H2,1-3H3,(H3,13,14,15). The van der Waals surface area contributed by atoms with Gasteiger partial charge in [0.25, 0.3) is 5.69 Å². The monoisotopic (exact) mass is 266 g/mol. The molecule has 7 heteroatoms. The van der Waals surface area contributed by atoms with Crippen LogP contribution in [-0.4, -0.2) is 29.2 Å². The van der Waals surface area contributed by atoms with Crippen molar-refractivity contribution in [1.82, 2.24) is 4.98 Å². The van der Waals surface area contributed by atoms with Crippen LogP contribution >= 0.6 is 0 Å². The zero-order valence-electron chi connectivity index (χ0n) is 11.2. The van der Waals surface area contributed by atoms with Gasteiger partial charge >= 0.3 is 0 Å². The first-order valence-electron chi connectivity index (χ1n) is 6.06. The van der Waals surface area contributed by atoms with Gasteiger partial charge in [0.2, 0.25) is 0 Å². The Morgan fingerprint density at radius 1 is 1.58 bits per heavy atom. The van der Waals surface area contributed by atoms with Crippen LogP contribution in [0.3, 0.4) is 0 Å². The molecule has 1 aromatic heterocycles. The van der Waals surface area contributed by atoms with Gasteiger partial charge in [0.05, 0.1) is 23.2 Å². The Kier molecular flexibility index (Phi) is 3.32.